The number of nitrogens with zero attached hydrogens (tertiary/aromatic N) is 1. The number of hydroxylamine groups is 2. The van der Waals surface area contributed by atoms with Gasteiger partial charge in [0.05, 0.1) is 12.6 Å². The van der Waals surface area contributed by atoms with Gasteiger partial charge in [-0.3, -0.25) is 9.63 Å². The standard InChI is InChI=1S/C12H15NO2/c1-4-12(2)10-8-6-5-7-9(10)11(14)13(12)15-3/h5-8H,4H2,1-3H3. The molecule has 0 bridgehead atoms. The minimum atomic E-state index is -0.331. The second kappa shape index (κ2) is 3.35. The van der Waals surface area contributed by atoms with E-state index in [0.717, 1.165) is 17.5 Å². The molecule has 1 aliphatic heterocycles. The SMILES string of the molecule is CCC1(C)c2ccccc2C(=O)N1OC. The lowest BCUT2D eigenvalue weighted by Crippen LogP contribution is -2.40. The normalized spacial score (nSPS) is 24.5. The third-order valence-electron chi connectivity index (χ3n) is 3.24. The molecule has 1 amide bonds. The van der Waals surface area contributed by atoms with E-state index >= 15 is 0 Å². The van der Waals surface area contributed by atoms with Crippen LogP contribution < -0.4 is 0 Å². The van der Waals surface area contributed by atoms with Crippen LogP contribution in [-0.4, -0.2) is 18.1 Å². The first-order chi connectivity index (χ1) is 7.15. The molecule has 1 unspecified atom stereocenters. The number of carbonyl (C=O) groups excluding carboxylic acids is 1. The average molecular weight is 205 g/mol. The number of carbonyl (C=O) groups is 1. The second-order valence-corrected chi connectivity index (χ2v) is 3.96. The minimum absolute atomic E-state index is 0.0440. The van der Waals surface area contributed by atoms with E-state index in [-0.39, 0.29) is 11.4 Å². The molecule has 1 aliphatic rings. The Bertz CT molecular complexity index is 402. The van der Waals surface area contributed by atoms with Gasteiger partial charge in [-0.1, -0.05) is 25.1 Å². The van der Waals surface area contributed by atoms with Crippen LogP contribution in [-0.2, 0) is 10.4 Å². The zero-order valence-corrected chi connectivity index (χ0v) is 9.28. The summed E-state index contributed by atoms with van der Waals surface area (Å²) < 4.78 is 0. The molecule has 1 atom stereocenters. The predicted octanol–water partition coefficient (Wildman–Crippen LogP) is 2.33. The highest BCUT2D eigenvalue weighted by Gasteiger charge is 2.45. The summed E-state index contributed by atoms with van der Waals surface area (Å²) in [6.07, 6.45) is 0.837. The zero-order valence-electron chi connectivity index (χ0n) is 9.28. The maximum Gasteiger partial charge on any atom is 0.278 e. The summed E-state index contributed by atoms with van der Waals surface area (Å²) >= 11 is 0. The molecule has 0 aromatic heterocycles. The van der Waals surface area contributed by atoms with Crippen molar-refractivity contribution in [1.82, 2.24) is 5.06 Å². The summed E-state index contributed by atoms with van der Waals surface area (Å²) in [6.45, 7) is 4.08. The van der Waals surface area contributed by atoms with Gasteiger partial charge in [0, 0.05) is 5.56 Å². The van der Waals surface area contributed by atoms with E-state index in [9.17, 15) is 4.79 Å². The first-order valence-electron chi connectivity index (χ1n) is 5.13. The van der Waals surface area contributed by atoms with Crippen LogP contribution in [0.1, 0.15) is 36.2 Å². The Labute approximate surface area is 89.6 Å². The summed E-state index contributed by atoms with van der Waals surface area (Å²) in [5.41, 5.74) is 1.48. The monoisotopic (exact) mass is 205 g/mol. The molecule has 0 saturated carbocycles. The Morgan fingerprint density at radius 1 is 1.40 bits per heavy atom. The quantitative estimate of drug-likeness (QED) is 0.741. The molecule has 0 radical (unpaired) electrons. The zero-order chi connectivity index (χ0) is 11.1. The molecule has 0 spiro atoms. The number of hydrogen-bond donors (Lipinski definition) is 0. The lowest BCUT2D eigenvalue weighted by molar-refractivity contribution is -0.155. The third-order valence-corrected chi connectivity index (χ3v) is 3.24. The highest BCUT2D eigenvalue weighted by molar-refractivity contribution is 5.99. The van der Waals surface area contributed by atoms with Crippen molar-refractivity contribution in [3.63, 3.8) is 0 Å². The fraction of sp³-hybridized carbons (Fsp3) is 0.417. The van der Waals surface area contributed by atoms with Crippen LogP contribution in [0.3, 0.4) is 0 Å². The van der Waals surface area contributed by atoms with E-state index < -0.39 is 0 Å². The van der Waals surface area contributed by atoms with Crippen molar-refractivity contribution in [3.8, 4) is 0 Å². The maximum absolute atomic E-state index is 12.0. The Morgan fingerprint density at radius 3 is 2.67 bits per heavy atom. The van der Waals surface area contributed by atoms with Crippen molar-refractivity contribution in [2.75, 3.05) is 7.11 Å². The number of fused-ring (bicyclic) bond motifs is 1. The molecule has 1 aromatic carbocycles. The van der Waals surface area contributed by atoms with Gasteiger partial charge < -0.3 is 0 Å². The molecule has 2 rings (SSSR count). The fourth-order valence-corrected chi connectivity index (χ4v) is 2.20. The number of rotatable bonds is 2. The van der Waals surface area contributed by atoms with Crippen molar-refractivity contribution < 1.29 is 9.63 Å². The smallest absolute Gasteiger partial charge is 0.273 e. The Balaban J connectivity index is 2.61. The van der Waals surface area contributed by atoms with E-state index in [4.69, 9.17) is 4.84 Å². The van der Waals surface area contributed by atoms with E-state index in [1.165, 1.54) is 12.2 Å². The molecule has 1 heterocycles. The van der Waals surface area contributed by atoms with Crippen LogP contribution in [0.5, 0.6) is 0 Å². The Hall–Kier alpha value is -1.35. The van der Waals surface area contributed by atoms with Gasteiger partial charge in [0.2, 0.25) is 0 Å². The summed E-state index contributed by atoms with van der Waals surface area (Å²) in [5.74, 6) is -0.0440. The van der Waals surface area contributed by atoms with Crippen molar-refractivity contribution in [3.05, 3.63) is 35.4 Å². The van der Waals surface area contributed by atoms with E-state index in [1.54, 1.807) is 0 Å². The van der Waals surface area contributed by atoms with Gasteiger partial charge in [0.15, 0.2) is 0 Å². The first-order valence-corrected chi connectivity index (χ1v) is 5.13. The molecule has 0 fully saturated rings. The van der Waals surface area contributed by atoms with Crippen molar-refractivity contribution in [1.29, 1.82) is 0 Å². The van der Waals surface area contributed by atoms with Crippen LogP contribution in [0.2, 0.25) is 0 Å². The lowest BCUT2D eigenvalue weighted by Gasteiger charge is -2.32. The largest absolute Gasteiger partial charge is 0.278 e. The van der Waals surface area contributed by atoms with Crippen LogP contribution in [0.15, 0.2) is 24.3 Å². The number of benzene rings is 1. The Kier molecular flexibility index (Phi) is 2.27. The molecule has 0 aliphatic carbocycles. The van der Waals surface area contributed by atoms with Gasteiger partial charge in [-0.2, -0.15) is 0 Å². The fourth-order valence-electron chi connectivity index (χ4n) is 2.20. The van der Waals surface area contributed by atoms with Gasteiger partial charge in [-0.05, 0) is 25.0 Å². The molecular weight excluding hydrogens is 190 g/mol. The second-order valence-electron chi connectivity index (χ2n) is 3.96. The van der Waals surface area contributed by atoms with E-state index in [0.29, 0.717) is 0 Å². The van der Waals surface area contributed by atoms with Crippen molar-refractivity contribution in [2.45, 2.75) is 25.8 Å². The van der Waals surface area contributed by atoms with Crippen LogP contribution in [0, 0.1) is 0 Å². The van der Waals surface area contributed by atoms with Crippen molar-refractivity contribution in [2.24, 2.45) is 0 Å². The van der Waals surface area contributed by atoms with Gasteiger partial charge in [-0.15, -0.1) is 0 Å². The highest BCUT2D eigenvalue weighted by atomic mass is 16.7. The van der Waals surface area contributed by atoms with Crippen LogP contribution in [0.4, 0.5) is 0 Å². The Morgan fingerprint density at radius 2 is 2.07 bits per heavy atom. The molecule has 3 heteroatoms. The molecule has 1 aromatic rings. The van der Waals surface area contributed by atoms with Crippen LogP contribution >= 0.6 is 0 Å². The summed E-state index contributed by atoms with van der Waals surface area (Å²) in [6, 6.07) is 7.69. The number of amides is 1. The van der Waals surface area contributed by atoms with Crippen molar-refractivity contribution >= 4 is 5.91 Å². The summed E-state index contributed by atoms with van der Waals surface area (Å²) in [5, 5.41) is 1.47. The summed E-state index contributed by atoms with van der Waals surface area (Å²) in [7, 11) is 1.54. The molecular formula is C12H15NO2. The van der Waals surface area contributed by atoms with Gasteiger partial charge >= 0.3 is 0 Å². The number of hydrogen-bond acceptors (Lipinski definition) is 2. The van der Waals surface area contributed by atoms with E-state index in [2.05, 4.69) is 6.92 Å². The van der Waals surface area contributed by atoms with E-state index in [1.807, 2.05) is 31.2 Å². The average Bonchev–Trinajstić information content (AvgIpc) is 2.50. The molecule has 3 nitrogen and oxygen atoms in total. The first kappa shape index (κ1) is 10.2. The lowest BCUT2D eigenvalue weighted by atomic mass is 9.90. The molecule has 0 N–H and O–H groups in total. The van der Waals surface area contributed by atoms with Gasteiger partial charge in [0.25, 0.3) is 5.91 Å². The predicted molar refractivity (Wildman–Crippen MR) is 57.3 cm³/mol. The topological polar surface area (TPSA) is 29.5 Å². The highest BCUT2D eigenvalue weighted by Crippen LogP contribution is 2.40. The maximum atomic E-state index is 12.0. The van der Waals surface area contributed by atoms with Gasteiger partial charge in [0.1, 0.15) is 0 Å². The summed E-state index contributed by atoms with van der Waals surface area (Å²) in [4.78, 5) is 17.2. The third kappa shape index (κ3) is 1.20. The molecule has 0 saturated heterocycles. The molecule has 80 valence electrons. The minimum Gasteiger partial charge on any atom is -0.273 e. The van der Waals surface area contributed by atoms with Gasteiger partial charge in [-0.25, -0.2) is 5.06 Å². The molecule has 15 heavy (non-hydrogen) atoms. The van der Waals surface area contributed by atoms with Crippen LogP contribution in [0.25, 0.3) is 0 Å².